The third-order valence-corrected chi connectivity index (χ3v) is 6.90. The molecule has 0 N–H and O–H groups in total. The first-order valence-corrected chi connectivity index (χ1v) is 11.3. The van der Waals surface area contributed by atoms with Crippen molar-refractivity contribution in [3.63, 3.8) is 0 Å². The molecule has 156 valence electrons. The number of hydrogen-bond donors (Lipinski definition) is 0. The van der Waals surface area contributed by atoms with Gasteiger partial charge in [-0.2, -0.15) is 0 Å². The predicted octanol–water partition coefficient (Wildman–Crippen LogP) is 3.65. The lowest BCUT2D eigenvalue weighted by Gasteiger charge is -2.35. The van der Waals surface area contributed by atoms with E-state index >= 15 is 0 Å². The van der Waals surface area contributed by atoms with Gasteiger partial charge in [-0.25, -0.2) is 4.99 Å². The fraction of sp³-hybridized carbons (Fsp3) is 0.250. The van der Waals surface area contributed by atoms with E-state index in [2.05, 4.69) is 18.8 Å². The van der Waals surface area contributed by atoms with Gasteiger partial charge in [0.05, 0.1) is 16.3 Å². The molecule has 1 unspecified atom stereocenters. The number of Topliss-reactive ketones (excluding diaryl/α,β-unsaturated/α-hetero) is 1. The number of nitrogens with zero attached hydrogens (tertiary/aromatic N) is 3. The second-order valence-corrected chi connectivity index (χ2v) is 10.2. The summed E-state index contributed by atoms with van der Waals surface area (Å²) >= 11 is 7.45. The number of carbonyl (C=O) groups is 1. The van der Waals surface area contributed by atoms with E-state index in [1.807, 2.05) is 30.3 Å². The van der Waals surface area contributed by atoms with Crippen molar-refractivity contribution in [3.05, 3.63) is 95.9 Å². The smallest absolute Gasteiger partial charge is 0.271 e. The molecule has 0 amide bonds. The normalized spacial score (nSPS) is 20.3. The summed E-state index contributed by atoms with van der Waals surface area (Å²) in [5, 5.41) is 0.609. The van der Waals surface area contributed by atoms with Crippen LogP contribution in [0.1, 0.15) is 43.9 Å². The number of carbonyl (C=O) groups excluding carboxylic acids is 1. The van der Waals surface area contributed by atoms with Crippen LogP contribution < -0.4 is 14.9 Å². The van der Waals surface area contributed by atoms with Crippen molar-refractivity contribution < 1.29 is 4.79 Å². The first-order valence-electron chi connectivity index (χ1n) is 10.1. The third kappa shape index (κ3) is 3.60. The molecule has 2 aliphatic rings. The summed E-state index contributed by atoms with van der Waals surface area (Å²) in [4.78, 5) is 36.3. The van der Waals surface area contributed by atoms with E-state index in [1.165, 1.54) is 11.3 Å². The van der Waals surface area contributed by atoms with Crippen molar-refractivity contribution >= 4 is 34.8 Å². The van der Waals surface area contributed by atoms with Crippen molar-refractivity contribution in [1.29, 1.82) is 0 Å². The number of thiazole rings is 1. The third-order valence-electron chi connectivity index (χ3n) is 5.66. The molecule has 1 atom stereocenters. The summed E-state index contributed by atoms with van der Waals surface area (Å²) in [5.74, 6) is 0.0523. The van der Waals surface area contributed by atoms with Crippen LogP contribution >= 0.6 is 22.9 Å². The first-order chi connectivity index (χ1) is 14.8. The van der Waals surface area contributed by atoms with Crippen LogP contribution in [-0.4, -0.2) is 15.3 Å². The minimum absolute atomic E-state index is 0.0523. The van der Waals surface area contributed by atoms with Crippen LogP contribution in [0.5, 0.6) is 0 Å². The number of benzene rings is 1. The van der Waals surface area contributed by atoms with Crippen molar-refractivity contribution in [2.24, 2.45) is 10.4 Å². The monoisotopic (exact) mass is 449 g/mol. The van der Waals surface area contributed by atoms with Crippen LogP contribution in [0.15, 0.2) is 69.8 Å². The zero-order chi connectivity index (χ0) is 21.8. The van der Waals surface area contributed by atoms with Gasteiger partial charge >= 0.3 is 0 Å². The van der Waals surface area contributed by atoms with E-state index in [-0.39, 0.29) is 16.8 Å². The number of hydrogen-bond acceptors (Lipinski definition) is 5. The van der Waals surface area contributed by atoms with Crippen molar-refractivity contribution in [1.82, 2.24) is 9.55 Å². The highest BCUT2D eigenvalue weighted by atomic mass is 35.5. The van der Waals surface area contributed by atoms with Gasteiger partial charge in [0.2, 0.25) is 0 Å². The molecule has 3 heterocycles. The number of pyridine rings is 1. The SMILES string of the molecule is CC1(C)CC(=O)C2=C(C1)N=c1sc(=Cc3cccnc3)c(=O)n1C2c1ccc(Cl)cc1. The van der Waals surface area contributed by atoms with Gasteiger partial charge in [-0.15, -0.1) is 0 Å². The Morgan fingerprint density at radius 3 is 2.65 bits per heavy atom. The molecular weight excluding hydrogens is 430 g/mol. The number of ketones is 1. The first kappa shape index (κ1) is 20.1. The van der Waals surface area contributed by atoms with E-state index in [0.29, 0.717) is 32.8 Å². The Morgan fingerprint density at radius 1 is 1.16 bits per heavy atom. The second kappa shape index (κ2) is 7.39. The van der Waals surface area contributed by atoms with Gasteiger partial charge < -0.3 is 0 Å². The molecule has 2 aromatic heterocycles. The van der Waals surface area contributed by atoms with E-state index in [1.54, 1.807) is 29.1 Å². The second-order valence-electron chi connectivity index (χ2n) is 8.72. The Morgan fingerprint density at radius 2 is 1.94 bits per heavy atom. The van der Waals surface area contributed by atoms with Crippen LogP contribution in [0.4, 0.5) is 0 Å². The average Bonchev–Trinajstić information content (AvgIpc) is 3.02. The maximum Gasteiger partial charge on any atom is 0.271 e. The molecule has 5 rings (SSSR count). The topological polar surface area (TPSA) is 64.3 Å². The van der Waals surface area contributed by atoms with E-state index in [9.17, 15) is 9.59 Å². The van der Waals surface area contributed by atoms with E-state index in [0.717, 1.165) is 16.8 Å². The van der Waals surface area contributed by atoms with E-state index < -0.39 is 6.04 Å². The largest absolute Gasteiger partial charge is 0.294 e. The highest BCUT2D eigenvalue weighted by Crippen LogP contribution is 2.43. The summed E-state index contributed by atoms with van der Waals surface area (Å²) in [7, 11) is 0. The predicted molar refractivity (Wildman–Crippen MR) is 122 cm³/mol. The number of fused-ring (bicyclic) bond motifs is 1. The van der Waals surface area contributed by atoms with Crippen LogP contribution in [-0.2, 0) is 4.79 Å². The Balaban J connectivity index is 1.78. The number of halogens is 1. The van der Waals surface area contributed by atoms with Gasteiger partial charge in [0.1, 0.15) is 0 Å². The zero-order valence-electron chi connectivity index (χ0n) is 17.1. The van der Waals surface area contributed by atoms with Crippen LogP contribution in [0, 0.1) is 5.41 Å². The highest BCUT2D eigenvalue weighted by molar-refractivity contribution is 7.07. The Kier molecular flexibility index (Phi) is 4.79. The molecule has 1 aliphatic heterocycles. The van der Waals surface area contributed by atoms with Gasteiger partial charge in [-0.1, -0.05) is 55.0 Å². The molecule has 3 aromatic rings. The van der Waals surface area contributed by atoms with Crippen molar-refractivity contribution in [3.8, 4) is 0 Å². The molecule has 7 heteroatoms. The summed E-state index contributed by atoms with van der Waals surface area (Å²) < 4.78 is 2.22. The van der Waals surface area contributed by atoms with Crippen molar-refractivity contribution in [2.75, 3.05) is 0 Å². The fourth-order valence-corrected chi connectivity index (χ4v) is 5.47. The molecule has 0 bridgehead atoms. The van der Waals surface area contributed by atoms with E-state index in [4.69, 9.17) is 16.6 Å². The van der Waals surface area contributed by atoms with Gasteiger partial charge in [0.15, 0.2) is 10.6 Å². The summed E-state index contributed by atoms with van der Waals surface area (Å²) in [6, 6.07) is 10.6. The molecule has 0 fully saturated rings. The maximum absolute atomic E-state index is 13.5. The minimum atomic E-state index is -0.497. The van der Waals surface area contributed by atoms with Crippen LogP contribution in [0.2, 0.25) is 5.02 Å². The highest BCUT2D eigenvalue weighted by Gasteiger charge is 2.40. The van der Waals surface area contributed by atoms with Crippen LogP contribution in [0.3, 0.4) is 0 Å². The molecule has 0 saturated heterocycles. The molecule has 31 heavy (non-hydrogen) atoms. The lowest BCUT2D eigenvalue weighted by Crippen LogP contribution is -2.42. The minimum Gasteiger partial charge on any atom is -0.294 e. The van der Waals surface area contributed by atoms with Gasteiger partial charge in [0.25, 0.3) is 5.56 Å². The average molecular weight is 450 g/mol. The Labute approximate surface area is 188 Å². The van der Waals surface area contributed by atoms with Crippen molar-refractivity contribution in [2.45, 2.75) is 32.7 Å². The molecule has 1 aromatic carbocycles. The zero-order valence-corrected chi connectivity index (χ0v) is 18.7. The maximum atomic E-state index is 13.5. The van der Waals surface area contributed by atoms with Gasteiger partial charge in [-0.05, 0) is 47.2 Å². The molecule has 0 radical (unpaired) electrons. The standard InChI is InChI=1S/C24H20ClN3O2S/c1-24(2)11-17-20(18(29)12-24)21(15-5-7-16(25)8-6-15)28-22(30)19(31-23(28)27-17)10-14-4-3-9-26-13-14/h3-10,13,21H,11-12H2,1-2H3. The summed E-state index contributed by atoms with van der Waals surface area (Å²) in [5.41, 5.74) is 2.80. The Bertz CT molecular complexity index is 1400. The Hall–Kier alpha value is -2.83. The van der Waals surface area contributed by atoms with Crippen LogP contribution in [0.25, 0.3) is 6.08 Å². The summed E-state index contributed by atoms with van der Waals surface area (Å²) in [6.07, 6.45) is 6.37. The lowest BCUT2D eigenvalue weighted by molar-refractivity contribution is -0.118. The lowest BCUT2D eigenvalue weighted by atomic mass is 9.73. The quantitative estimate of drug-likeness (QED) is 0.599. The molecular formula is C24H20ClN3O2S. The van der Waals surface area contributed by atoms with Gasteiger partial charge in [0, 0.05) is 29.4 Å². The number of rotatable bonds is 2. The molecule has 5 nitrogen and oxygen atoms in total. The summed E-state index contributed by atoms with van der Waals surface area (Å²) in [6.45, 7) is 4.17. The molecule has 0 spiro atoms. The molecule has 1 aliphatic carbocycles. The molecule has 0 saturated carbocycles. The van der Waals surface area contributed by atoms with Gasteiger partial charge in [-0.3, -0.25) is 19.1 Å². The fourth-order valence-electron chi connectivity index (χ4n) is 4.32. The number of allylic oxidation sites excluding steroid dienone is 2. The number of aromatic nitrogens is 2.